The normalized spacial score (nSPS) is 22.3. The fourth-order valence-electron chi connectivity index (χ4n) is 3.18. The van der Waals surface area contributed by atoms with Crippen molar-refractivity contribution < 1.29 is 0 Å². The molecule has 2 heteroatoms. The Morgan fingerprint density at radius 2 is 1.67 bits per heavy atom. The molecule has 1 aliphatic rings. The summed E-state index contributed by atoms with van der Waals surface area (Å²) < 4.78 is 0. The van der Waals surface area contributed by atoms with Gasteiger partial charge in [0, 0.05) is 19.1 Å². The number of unbranched alkanes of at least 4 members (excludes halogenated alkanes) is 1. The van der Waals surface area contributed by atoms with Gasteiger partial charge in [0.25, 0.3) is 0 Å². The van der Waals surface area contributed by atoms with Gasteiger partial charge < -0.3 is 10.6 Å². The Kier molecular flexibility index (Phi) is 7.83. The van der Waals surface area contributed by atoms with Crippen molar-refractivity contribution in [3.8, 4) is 0 Å². The molecule has 2 nitrogen and oxygen atoms in total. The maximum Gasteiger partial charge on any atom is 0.00793 e. The van der Waals surface area contributed by atoms with Crippen LogP contribution in [0.1, 0.15) is 51.0 Å². The molecule has 0 spiro atoms. The van der Waals surface area contributed by atoms with Gasteiger partial charge in [-0.05, 0) is 63.0 Å². The van der Waals surface area contributed by atoms with Gasteiger partial charge in [-0.15, -0.1) is 0 Å². The number of nitrogens with one attached hydrogen (secondary N) is 2. The lowest BCUT2D eigenvalue weighted by Crippen LogP contribution is -2.37. The quantitative estimate of drug-likeness (QED) is 0.676. The zero-order valence-electron chi connectivity index (χ0n) is 13.6. The molecular weight excluding hydrogens is 256 g/mol. The number of benzene rings is 1. The fraction of sp³-hybridized carbons (Fsp3) is 0.684. The summed E-state index contributed by atoms with van der Waals surface area (Å²) in [6.45, 7) is 5.76. The Labute approximate surface area is 130 Å². The smallest absolute Gasteiger partial charge is 0.00793 e. The number of hydrogen-bond acceptors (Lipinski definition) is 2. The molecule has 1 aromatic rings. The molecule has 1 saturated carbocycles. The third-order valence-corrected chi connectivity index (χ3v) is 4.66. The lowest BCUT2D eigenvalue weighted by Gasteiger charge is -2.27. The van der Waals surface area contributed by atoms with Crippen LogP contribution in [0.15, 0.2) is 30.3 Å². The molecule has 1 fully saturated rings. The van der Waals surface area contributed by atoms with E-state index in [1.165, 1.54) is 50.5 Å². The second kappa shape index (κ2) is 9.97. The Morgan fingerprint density at radius 3 is 2.43 bits per heavy atom. The number of aryl methyl sites for hydroxylation is 1. The van der Waals surface area contributed by atoms with Crippen molar-refractivity contribution >= 4 is 0 Å². The first-order chi connectivity index (χ1) is 10.3. The SMILES string of the molecule is CC1CCC(NCCNCCCCc2ccccc2)CC1. The van der Waals surface area contributed by atoms with E-state index in [4.69, 9.17) is 0 Å². The molecule has 0 saturated heterocycles. The first-order valence-electron chi connectivity index (χ1n) is 8.82. The van der Waals surface area contributed by atoms with Crippen LogP contribution in [0.2, 0.25) is 0 Å². The van der Waals surface area contributed by atoms with E-state index in [1.54, 1.807) is 0 Å². The molecule has 0 bridgehead atoms. The highest BCUT2D eigenvalue weighted by Crippen LogP contribution is 2.23. The zero-order chi connectivity index (χ0) is 14.8. The maximum absolute atomic E-state index is 3.70. The maximum atomic E-state index is 3.70. The molecule has 0 aliphatic heterocycles. The summed E-state index contributed by atoms with van der Waals surface area (Å²) in [7, 11) is 0. The van der Waals surface area contributed by atoms with Crippen molar-refractivity contribution in [2.24, 2.45) is 5.92 Å². The summed E-state index contributed by atoms with van der Waals surface area (Å²) in [4.78, 5) is 0. The average Bonchev–Trinajstić information content (AvgIpc) is 2.53. The summed E-state index contributed by atoms with van der Waals surface area (Å²) in [6, 6.07) is 11.6. The van der Waals surface area contributed by atoms with E-state index in [0.717, 1.165) is 31.6 Å². The van der Waals surface area contributed by atoms with Crippen LogP contribution in [0, 0.1) is 5.92 Å². The highest BCUT2D eigenvalue weighted by Gasteiger charge is 2.16. The summed E-state index contributed by atoms with van der Waals surface area (Å²) >= 11 is 0. The second-order valence-corrected chi connectivity index (χ2v) is 6.60. The topological polar surface area (TPSA) is 24.1 Å². The van der Waals surface area contributed by atoms with Crippen molar-refractivity contribution in [2.45, 2.75) is 57.9 Å². The molecule has 0 radical (unpaired) electrons. The van der Waals surface area contributed by atoms with Gasteiger partial charge in [-0.25, -0.2) is 0 Å². The highest BCUT2D eigenvalue weighted by atomic mass is 15.0. The van der Waals surface area contributed by atoms with Gasteiger partial charge in [-0.2, -0.15) is 0 Å². The van der Waals surface area contributed by atoms with Gasteiger partial charge in [-0.1, -0.05) is 37.3 Å². The van der Waals surface area contributed by atoms with Crippen LogP contribution in [0.25, 0.3) is 0 Å². The van der Waals surface area contributed by atoms with Crippen LogP contribution in [-0.2, 0) is 6.42 Å². The first kappa shape index (κ1) is 16.5. The van der Waals surface area contributed by atoms with Gasteiger partial charge in [0.1, 0.15) is 0 Å². The predicted molar refractivity (Wildman–Crippen MR) is 91.7 cm³/mol. The molecule has 0 aromatic heterocycles. The van der Waals surface area contributed by atoms with Crippen molar-refractivity contribution in [1.82, 2.24) is 10.6 Å². The monoisotopic (exact) mass is 288 g/mol. The van der Waals surface area contributed by atoms with Crippen LogP contribution in [0.5, 0.6) is 0 Å². The third kappa shape index (κ3) is 7.10. The average molecular weight is 288 g/mol. The third-order valence-electron chi connectivity index (χ3n) is 4.66. The Morgan fingerprint density at radius 1 is 0.905 bits per heavy atom. The number of rotatable bonds is 9. The van der Waals surface area contributed by atoms with Gasteiger partial charge >= 0.3 is 0 Å². The molecule has 0 heterocycles. The Bertz CT molecular complexity index is 355. The van der Waals surface area contributed by atoms with Gasteiger partial charge in [0.15, 0.2) is 0 Å². The molecule has 1 aromatic carbocycles. The lowest BCUT2D eigenvalue weighted by atomic mass is 9.87. The Balaban J connectivity index is 1.39. The van der Waals surface area contributed by atoms with Crippen LogP contribution in [0.4, 0.5) is 0 Å². The molecule has 0 atom stereocenters. The molecular formula is C19H32N2. The van der Waals surface area contributed by atoms with Crippen molar-refractivity contribution in [2.75, 3.05) is 19.6 Å². The molecule has 118 valence electrons. The van der Waals surface area contributed by atoms with Crippen LogP contribution in [0.3, 0.4) is 0 Å². The minimum atomic E-state index is 0.779. The van der Waals surface area contributed by atoms with Crippen LogP contribution < -0.4 is 10.6 Å². The van der Waals surface area contributed by atoms with Gasteiger partial charge in [0.2, 0.25) is 0 Å². The second-order valence-electron chi connectivity index (χ2n) is 6.60. The zero-order valence-corrected chi connectivity index (χ0v) is 13.6. The van der Waals surface area contributed by atoms with E-state index in [1.807, 2.05) is 0 Å². The first-order valence-corrected chi connectivity index (χ1v) is 8.82. The van der Waals surface area contributed by atoms with Gasteiger partial charge in [-0.3, -0.25) is 0 Å². The van der Waals surface area contributed by atoms with E-state index in [9.17, 15) is 0 Å². The van der Waals surface area contributed by atoms with Gasteiger partial charge in [0.05, 0.1) is 0 Å². The molecule has 21 heavy (non-hydrogen) atoms. The summed E-state index contributed by atoms with van der Waals surface area (Å²) in [5.74, 6) is 0.950. The number of hydrogen-bond donors (Lipinski definition) is 2. The molecule has 0 amide bonds. The standard InChI is InChI=1S/C19H32N2/c1-17-10-12-19(13-11-17)21-16-15-20-14-6-5-9-18-7-3-2-4-8-18/h2-4,7-8,17,19-21H,5-6,9-16H2,1H3. The molecule has 1 aliphatic carbocycles. The van der Waals surface area contributed by atoms with Crippen LogP contribution >= 0.6 is 0 Å². The summed E-state index contributed by atoms with van der Waals surface area (Å²) in [5, 5.41) is 7.25. The minimum absolute atomic E-state index is 0.779. The lowest BCUT2D eigenvalue weighted by molar-refractivity contribution is 0.308. The van der Waals surface area contributed by atoms with Crippen LogP contribution in [-0.4, -0.2) is 25.7 Å². The van der Waals surface area contributed by atoms with E-state index in [0.29, 0.717) is 0 Å². The highest BCUT2D eigenvalue weighted by molar-refractivity contribution is 5.14. The van der Waals surface area contributed by atoms with E-state index < -0.39 is 0 Å². The van der Waals surface area contributed by atoms with Crippen molar-refractivity contribution in [3.63, 3.8) is 0 Å². The van der Waals surface area contributed by atoms with Crippen molar-refractivity contribution in [3.05, 3.63) is 35.9 Å². The molecule has 2 rings (SSSR count). The molecule has 0 unspecified atom stereocenters. The Hall–Kier alpha value is -0.860. The predicted octanol–water partition coefficient (Wildman–Crippen LogP) is 3.77. The van der Waals surface area contributed by atoms with E-state index in [-0.39, 0.29) is 0 Å². The fourth-order valence-corrected chi connectivity index (χ4v) is 3.18. The minimum Gasteiger partial charge on any atom is -0.315 e. The summed E-state index contributed by atoms with van der Waals surface area (Å²) in [5.41, 5.74) is 1.46. The van der Waals surface area contributed by atoms with E-state index in [2.05, 4.69) is 47.9 Å². The largest absolute Gasteiger partial charge is 0.315 e. The van der Waals surface area contributed by atoms with Crippen molar-refractivity contribution in [1.29, 1.82) is 0 Å². The summed E-state index contributed by atoms with van der Waals surface area (Å²) in [6.07, 6.45) is 9.33. The molecule has 2 N–H and O–H groups in total. The van der Waals surface area contributed by atoms with E-state index >= 15 is 0 Å².